The molecule has 1 aliphatic heterocycles. The van der Waals surface area contributed by atoms with Gasteiger partial charge >= 0.3 is 0 Å². The highest BCUT2D eigenvalue weighted by molar-refractivity contribution is 6.30. The second kappa shape index (κ2) is 13.7. The standard InChI is InChI=1S/C34H37ClN4O2/c1-24-12-14-26(15-13-24)33-32(27-16-18-28(35)19-17-27)37-30-21-29(40)23-39(34(30)38-33)20-8-3-2-7-11-31(41)36-22-25-9-5-4-6-10-25/h4-6,9-10,12-19,29,40H,2-3,7-8,11,20-23H2,1H3,(H,36,41). The van der Waals surface area contributed by atoms with Crippen LogP contribution in [-0.2, 0) is 17.8 Å². The summed E-state index contributed by atoms with van der Waals surface area (Å²) in [6, 6.07) is 26.0. The molecule has 3 aromatic carbocycles. The summed E-state index contributed by atoms with van der Waals surface area (Å²) in [6.07, 6.45) is 4.34. The van der Waals surface area contributed by atoms with Gasteiger partial charge in [0.05, 0.1) is 23.2 Å². The van der Waals surface area contributed by atoms with Crippen LogP contribution in [0.4, 0.5) is 5.82 Å². The monoisotopic (exact) mass is 568 g/mol. The van der Waals surface area contributed by atoms with Crippen molar-refractivity contribution in [1.29, 1.82) is 0 Å². The third-order valence-corrected chi connectivity index (χ3v) is 7.72. The molecule has 2 heterocycles. The number of β-amino-alcohol motifs (C(OH)–C–C–N with tert-alkyl or cyclic N) is 1. The summed E-state index contributed by atoms with van der Waals surface area (Å²) in [4.78, 5) is 24.6. The van der Waals surface area contributed by atoms with Gasteiger partial charge in [-0.25, -0.2) is 9.97 Å². The summed E-state index contributed by atoms with van der Waals surface area (Å²) in [5.74, 6) is 0.946. The Kier molecular flexibility index (Phi) is 9.65. The van der Waals surface area contributed by atoms with Crippen molar-refractivity contribution in [2.75, 3.05) is 18.0 Å². The molecule has 7 heteroatoms. The molecule has 1 amide bonds. The molecule has 0 saturated carbocycles. The lowest BCUT2D eigenvalue weighted by Gasteiger charge is -2.33. The maximum Gasteiger partial charge on any atom is 0.220 e. The minimum absolute atomic E-state index is 0.0948. The number of carbonyl (C=O) groups excluding carboxylic acids is 1. The molecule has 5 rings (SSSR count). The molecule has 0 bridgehead atoms. The molecule has 1 aromatic heterocycles. The molecule has 0 saturated heterocycles. The van der Waals surface area contributed by atoms with E-state index in [0.29, 0.717) is 31.0 Å². The predicted molar refractivity (Wildman–Crippen MR) is 166 cm³/mol. The lowest BCUT2D eigenvalue weighted by Crippen LogP contribution is -2.40. The van der Waals surface area contributed by atoms with Crippen LogP contribution in [0.2, 0.25) is 5.02 Å². The molecular formula is C34H37ClN4O2. The number of hydrogen-bond donors (Lipinski definition) is 2. The smallest absolute Gasteiger partial charge is 0.220 e. The number of halogens is 1. The summed E-state index contributed by atoms with van der Waals surface area (Å²) in [5.41, 5.74) is 6.69. The van der Waals surface area contributed by atoms with Crippen LogP contribution in [0.1, 0.15) is 48.9 Å². The molecule has 212 valence electrons. The first-order valence-corrected chi connectivity index (χ1v) is 14.8. The normalized spacial score (nSPS) is 14.5. The number of aliphatic hydroxyl groups excluding tert-OH is 1. The highest BCUT2D eigenvalue weighted by Gasteiger charge is 2.28. The van der Waals surface area contributed by atoms with Gasteiger partial charge in [0.15, 0.2) is 5.82 Å². The number of aromatic nitrogens is 2. The number of unbranched alkanes of at least 4 members (excludes halogenated alkanes) is 3. The van der Waals surface area contributed by atoms with Gasteiger partial charge in [-0.2, -0.15) is 0 Å². The molecule has 2 N–H and O–H groups in total. The van der Waals surface area contributed by atoms with E-state index in [9.17, 15) is 9.90 Å². The van der Waals surface area contributed by atoms with Crippen molar-refractivity contribution < 1.29 is 9.90 Å². The van der Waals surface area contributed by atoms with Crippen molar-refractivity contribution in [2.24, 2.45) is 0 Å². The number of amides is 1. The van der Waals surface area contributed by atoms with E-state index in [1.54, 1.807) is 0 Å². The van der Waals surface area contributed by atoms with Gasteiger partial charge in [-0.05, 0) is 37.5 Å². The van der Waals surface area contributed by atoms with Crippen molar-refractivity contribution in [3.05, 3.63) is 101 Å². The summed E-state index contributed by atoms with van der Waals surface area (Å²) in [5, 5.41) is 14.4. The molecule has 0 fully saturated rings. The SMILES string of the molecule is Cc1ccc(-c2nc3c(nc2-c2ccc(Cl)cc2)CC(O)CN3CCCCCCC(=O)NCc2ccccc2)cc1. The van der Waals surface area contributed by atoms with Gasteiger partial charge in [0, 0.05) is 48.6 Å². The molecular weight excluding hydrogens is 532 g/mol. The number of aryl methyl sites for hydroxylation is 1. The van der Waals surface area contributed by atoms with Gasteiger partial charge in [-0.15, -0.1) is 0 Å². The highest BCUT2D eigenvalue weighted by Crippen LogP contribution is 2.35. The number of fused-ring (bicyclic) bond motifs is 1. The Morgan fingerprint density at radius 1 is 0.902 bits per heavy atom. The van der Waals surface area contributed by atoms with Gasteiger partial charge in [-0.3, -0.25) is 4.79 Å². The van der Waals surface area contributed by atoms with Gasteiger partial charge in [0.1, 0.15) is 0 Å². The minimum Gasteiger partial charge on any atom is -0.391 e. The van der Waals surface area contributed by atoms with E-state index in [1.807, 2.05) is 54.6 Å². The Morgan fingerprint density at radius 3 is 2.29 bits per heavy atom. The second-order valence-electron chi connectivity index (χ2n) is 10.8. The van der Waals surface area contributed by atoms with E-state index in [4.69, 9.17) is 21.6 Å². The molecule has 1 aliphatic rings. The largest absolute Gasteiger partial charge is 0.391 e. The van der Waals surface area contributed by atoms with Crippen LogP contribution >= 0.6 is 11.6 Å². The van der Waals surface area contributed by atoms with E-state index in [-0.39, 0.29) is 5.91 Å². The number of nitrogens with one attached hydrogen (secondary N) is 1. The number of carbonyl (C=O) groups is 1. The van der Waals surface area contributed by atoms with Crippen molar-refractivity contribution in [2.45, 2.75) is 58.1 Å². The maximum absolute atomic E-state index is 12.2. The number of rotatable bonds is 11. The number of aliphatic hydroxyl groups is 1. The van der Waals surface area contributed by atoms with E-state index in [2.05, 4.69) is 41.4 Å². The first-order chi connectivity index (χ1) is 20.0. The van der Waals surface area contributed by atoms with E-state index >= 15 is 0 Å². The minimum atomic E-state index is -0.492. The number of anilines is 1. The molecule has 0 radical (unpaired) electrons. The van der Waals surface area contributed by atoms with Gasteiger partial charge in [-0.1, -0.05) is 96.7 Å². The Labute approximate surface area is 247 Å². The van der Waals surface area contributed by atoms with Crippen LogP contribution in [0.3, 0.4) is 0 Å². The Hall–Kier alpha value is -3.74. The number of nitrogens with zero attached hydrogens (tertiary/aromatic N) is 3. The molecule has 4 aromatic rings. The lowest BCUT2D eigenvalue weighted by atomic mass is 10.0. The van der Waals surface area contributed by atoms with Crippen LogP contribution in [0, 0.1) is 6.92 Å². The van der Waals surface area contributed by atoms with Crippen LogP contribution in [0.5, 0.6) is 0 Å². The van der Waals surface area contributed by atoms with Crippen LogP contribution < -0.4 is 10.2 Å². The molecule has 41 heavy (non-hydrogen) atoms. The predicted octanol–water partition coefficient (Wildman–Crippen LogP) is 6.76. The first-order valence-electron chi connectivity index (χ1n) is 14.4. The van der Waals surface area contributed by atoms with Gasteiger partial charge < -0.3 is 15.3 Å². The highest BCUT2D eigenvalue weighted by atomic mass is 35.5. The van der Waals surface area contributed by atoms with Crippen molar-refractivity contribution >= 4 is 23.3 Å². The van der Waals surface area contributed by atoms with Crippen LogP contribution in [0.25, 0.3) is 22.5 Å². The molecule has 6 nitrogen and oxygen atoms in total. The summed E-state index contributed by atoms with van der Waals surface area (Å²) >= 11 is 6.16. The third kappa shape index (κ3) is 7.72. The average molecular weight is 569 g/mol. The lowest BCUT2D eigenvalue weighted by molar-refractivity contribution is -0.121. The fourth-order valence-corrected chi connectivity index (χ4v) is 5.35. The Morgan fingerprint density at radius 2 is 1.56 bits per heavy atom. The van der Waals surface area contributed by atoms with Gasteiger partial charge in [0.25, 0.3) is 0 Å². The number of benzene rings is 3. The quantitative estimate of drug-likeness (QED) is 0.195. The fourth-order valence-electron chi connectivity index (χ4n) is 5.23. The van der Waals surface area contributed by atoms with E-state index in [1.165, 1.54) is 5.56 Å². The van der Waals surface area contributed by atoms with Crippen molar-refractivity contribution in [1.82, 2.24) is 15.3 Å². The van der Waals surface area contributed by atoms with E-state index in [0.717, 1.165) is 71.8 Å². The van der Waals surface area contributed by atoms with Crippen LogP contribution in [0.15, 0.2) is 78.9 Å². The molecule has 0 spiro atoms. The average Bonchev–Trinajstić information content (AvgIpc) is 2.98. The summed E-state index contributed by atoms with van der Waals surface area (Å²) in [7, 11) is 0. The summed E-state index contributed by atoms with van der Waals surface area (Å²) < 4.78 is 0. The molecule has 1 unspecified atom stereocenters. The Bertz CT molecular complexity index is 1440. The topological polar surface area (TPSA) is 78.4 Å². The van der Waals surface area contributed by atoms with Crippen molar-refractivity contribution in [3.8, 4) is 22.5 Å². The second-order valence-corrected chi connectivity index (χ2v) is 11.2. The molecule has 1 atom stereocenters. The maximum atomic E-state index is 12.2. The van der Waals surface area contributed by atoms with Gasteiger partial charge in [0.2, 0.25) is 5.91 Å². The zero-order chi connectivity index (χ0) is 28.6. The Balaban J connectivity index is 1.23. The number of hydrogen-bond acceptors (Lipinski definition) is 5. The first kappa shape index (κ1) is 28.8. The molecule has 0 aliphatic carbocycles. The zero-order valence-electron chi connectivity index (χ0n) is 23.5. The van der Waals surface area contributed by atoms with Crippen molar-refractivity contribution in [3.63, 3.8) is 0 Å². The van der Waals surface area contributed by atoms with E-state index < -0.39 is 6.10 Å². The third-order valence-electron chi connectivity index (χ3n) is 7.46. The van der Waals surface area contributed by atoms with Crippen LogP contribution in [-0.4, -0.2) is 40.2 Å². The summed E-state index contributed by atoms with van der Waals surface area (Å²) in [6.45, 7) is 3.97. The fraction of sp³-hybridized carbons (Fsp3) is 0.324. The zero-order valence-corrected chi connectivity index (χ0v) is 24.3.